The van der Waals surface area contributed by atoms with Crippen molar-refractivity contribution < 1.29 is 13.6 Å². The van der Waals surface area contributed by atoms with Crippen molar-refractivity contribution in [1.82, 2.24) is 0 Å². The molecule has 0 bridgehead atoms. The third-order valence-corrected chi connectivity index (χ3v) is 2.17. The molecule has 0 fully saturated rings. The second-order valence-corrected chi connectivity index (χ2v) is 4.08. The van der Waals surface area contributed by atoms with Gasteiger partial charge in [-0.15, -0.1) is 0 Å². The molecule has 1 atom stereocenters. The molecule has 3 heteroatoms. The van der Waals surface area contributed by atoms with Crippen LogP contribution in [0.3, 0.4) is 0 Å². The van der Waals surface area contributed by atoms with Crippen LogP contribution in [0.5, 0.6) is 0 Å². The van der Waals surface area contributed by atoms with Gasteiger partial charge in [-0.2, -0.15) is 0 Å². The van der Waals surface area contributed by atoms with Gasteiger partial charge in [0, 0.05) is 6.42 Å². The molecule has 0 rings (SSSR count). The molecule has 0 amide bonds. The molecule has 0 aromatic carbocycles. The van der Waals surface area contributed by atoms with E-state index in [4.69, 9.17) is 0 Å². The molecule has 0 N–H and O–H groups in total. The Morgan fingerprint density at radius 3 is 2.36 bits per heavy atom. The summed E-state index contributed by atoms with van der Waals surface area (Å²) in [5, 5.41) is 0. The van der Waals surface area contributed by atoms with Crippen LogP contribution in [0.25, 0.3) is 0 Å². The van der Waals surface area contributed by atoms with Gasteiger partial charge in [-0.05, 0) is 38.2 Å². The zero-order valence-electron chi connectivity index (χ0n) is 9.07. The Morgan fingerprint density at radius 2 is 2.00 bits per heavy atom. The van der Waals surface area contributed by atoms with Crippen LogP contribution < -0.4 is 0 Å². The van der Waals surface area contributed by atoms with E-state index in [1.807, 2.05) is 6.92 Å². The maximum absolute atomic E-state index is 12.5. The standard InChI is InChI=1S/C11H18F2O/c1-8(5-6-11(4,12)13)7-9(2)10(3)14/h8H,2,5-7H2,1,3-4H3. The monoisotopic (exact) mass is 204 g/mol. The Balaban J connectivity index is 3.82. The van der Waals surface area contributed by atoms with E-state index in [9.17, 15) is 13.6 Å². The lowest BCUT2D eigenvalue weighted by molar-refractivity contribution is -0.113. The summed E-state index contributed by atoms with van der Waals surface area (Å²) in [4.78, 5) is 10.8. The van der Waals surface area contributed by atoms with Gasteiger partial charge in [0.15, 0.2) is 5.78 Å². The van der Waals surface area contributed by atoms with Gasteiger partial charge in [-0.1, -0.05) is 13.5 Å². The molecule has 0 aromatic heterocycles. The van der Waals surface area contributed by atoms with Crippen molar-refractivity contribution in [3.8, 4) is 0 Å². The molecule has 82 valence electrons. The molecule has 0 spiro atoms. The van der Waals surface area contributed by atoms with Crippen molar-refractivity contribution in [1.29, 1.82) is 0 Å². The topological polar surface area (TPSA) is 17.1 Å². The second kappa shape index (κ2) is 5.23. The van der Waals surface area contributed by atoms with Crippen molar-refractivity contribution in [2.24, 2.45) is 5.92 Å². The van der Waals surface area contributed by atoms with Gasteiger partial charge in [0.05, 0.1) is 0 Å². The Labute approximate surface area is 84.2 Å². The molecule has 0 heterocycles. The van der Waals surface area contributed by atoms with Crippen LogP contribution in [0.4, 0.5) is 8.78 Å². The minimum atomic E-state index is -2.61. The van der Waals surface area contributed by atoms with E-state index in [-0.39, 0.29) is 18.1 Å². The Bertz CT molecular complexity index is 216. The van der Waals surface area contributed by atoms with Crippen molar-refractivity contribution in [2.75, 3.05) is 0 Å². The van der Waals surface area contributed by atoms with Crippen LogP contribution in [0, 0.1) is 5.92 Å². The predicted molar refractivity (Wildman–Crippen MR) is 53.5 cm³/mol. The van der Waals surface area contributed by atoms with Gasteiger partial charge in [-0.3, -0.25) is 4.79 Å². The molecule has 1 unspecified atom stereocenters. The summed E-state index contributed by atoms with van der Waals surface area (Å²) < 4.78 is 25.0. The van der Waals surface area contributed by atoms with Crippen LogP contribution in [-0.2, 0) is 4.79 Å². The van der Waals surface area contributed by atoms with E-state index in [1.54, 1.807) is 0 Å². The van der Waals surface area contributed by atoms with Gasteiger partial charge in [0.25, 0.3) is 0 Å². The van der Waals surface area contributed by atoms with E-state index in [1.165, 1.54) is 6.92 Å². The molecule has 0 saturated carbocycles. The first-order valence-corrected chi connectivity index (χ1v) is 4.79. The highest BCUT2D eigenvalue weighted by Gasteiger charge is 2.22. The number of halogens is 2. The third-order valence-electron chi connectivity index (χ3n) is 2.17. The lowest BCUT2D eigenvalue weighted by Crippen LogP contribution is -2.12. The average molecular weight is 204 g/mol. The summed E-state index contributed by atoms with van der Waals surface area (Å²) in [6.07, 6.45) is 0.820. The number of ketones is 1. The zero-order valence-corrected chi connectivity index (χ0v) is 9.07. The first-order valence-electron chi connectivity index (χ1n) is 4.79. The molecule has 0 saturated heterocycles. The summed E-state index contributed by atoms with van der Waals surface area (Å²) >= 11 is 0. The third kappa shape index (κ3) is 6.75. The molecular formula is C11H18F2O. The van der Waals surface area contributed by atoms with E-state index in [0.717, 1.165) is 6.92 Å². The molecular weight excluding hydrogens is 186 g/mol. The number of carbonyl (C=O) groups is 1. The van der Waals surface area contributed by atoms with Gasteiger partial charge >= 0.3 is 0 Å². The van der Waals surface area contributed by atoms with E-state index in [0.29, 0.717) is 18.4 Å². The number of alkyl halides is 2. The highest BCUT2D eigenvalue weighted by Crippen LogP contribution is 2.24. The number of Topliss-reactive ketones (excluding diaryl/α,β-unsaturated/α-hetero) is 1. The second-order valence-electron chi connectivity index (χ2n) is 4.08. The quantitative estimate of drug-likeness (QED) is 0.604. The SMILES string of the molecule is C=C(CC(C)CCC(C)(F)F)C(C)=O. The van der Waals surface area contributed by atoms with Crippen LogP contribution in [0.15, 0.2) is 12.2 Å². The first kappa shape index (κ1) is 13.3. The fourth-order valence-electron chi connectivity index (χ4n) is 1.17. The maximum atomic E-state index is 12.5. The largest absolute Gasteiger partial charge is 0.295 e. The maximum Gasteiger partial charge on any atom is 0.245 e. The Kier molecular flexibility index (Phi) is 4.95. The normalized spacial score (nSPS) is 13.8. The molecule has 0 aliphatic carbocycles. The smallest absolute Gasteiger partial charge is 0.245 e. The fraction of sp³-hybridized carbons (Fsp3) is 0.727. The molecule has 0 radical (unpaired) electrons. The minimum Gasteiger partial charge on any atom is -0.295 e. The predicted octanol–water partition coefficient (Wildman–Crippen LogP) is 3.59. The molecule has 0 aliphatic heterocycles. The van der Waals surface area contributed by atoms with Crippen LogP contribution in [-0.4, -0.2) is 11.7 Å². The van der Waals surface area contributed by atoms with E-state index in [2.05, 4.69) is 6.58 Å². The average Bonchev–Trinajstić information content (AvgIpc) is 1.99. The van der Waals surface area contributed by atoms with Crippen LogP contribution >= 0.6 is 0 Å². The molecule has 1 nitrogen and oxygen atoms in total. The molecule has 0 aliphatic rings. The summed E-state index contributed by atoms with van der Waals surface area (Å²) in [6.45, 7) is 7.83. The number of rotatable bonds is 6. The van der Waals surface area contributed by atoms with Gasteiger partial charge in [-0.25, -0.2) is 8.78 Å². The number of allylic oxidation sites excluding steroid dienone is 1. The van der Waals surface area contributed by atoms with Crippen LogP contribution in [0.1, 0.15) is 40.0 Å². The summed E-state index contributed by atoms with van der Waals surface area (Å²) in [5.41, 5.74) is 0.525. The minimum absolute atomic E-state index is 0.0555. The van der Waals surface area contributed by atoms with Gasteiger partial charge in [0.1, 0.15) is 0 Å². The fourth-order valence-corrected chi connectivity index (χ4v) is 1.17. The summed E-state index contributed by atoms with van der Waals surface area (Å²) in [5.74, 6) is -2.57. The molecule has 14 heavy (non-hydrogen) atoms. The van der Waals surface area contributed by atoms with Crippen molar-refractivity contribution in [3.05, 3.63) is 12.2 Å². The van der Waals surface area contributed by atoms with Crippen molar-refractivity contribution in [2.45, 2.75) is 46.0 Å². The Morgan fingerprint density at radius 1 is 1.50 bits per heavy atom. The Hall–Kier alpha value is -0.730. The number of carbonyl (C=O) groups excluding carboxylic acids is 1. The number of hydrogen-bond donors (Lipinski definition) is 0. The highest BCUT2D eigenvalue weighted by atomic mass is 19.3. The van der Waals surface area contributed by atoms with Crippen LogP contribution in [0.2, 0.25) is 0 Å². The van der Waals surface area contributed by atoms with E-state index < -0.39 is 5.92 Å². The highest BCUT2D eigenvalue weighted by molar-refractivity contribution is 5.92. The summed E-state index contributed by atoms with van der Waals surface area (Å²) in [7, 11) is 0. The lowest BCUT2D eigenvalue weighted by atomic mass is 9.94. The number of hydrogen-bond acceptors (Lipinski definition) is 1. The zero-order chi connectivity index (χ0) is 11.4. The summed E-state index contributed by atoms with van der Waals surface area (Å²) in [6, 6.07) is 0. The van der Waals surface area contributed by atoms with Gasteiger partial charge < -0.3 is 0 Å². The van der Waals surface area contributed by atoms with Crippen molar-refractivity contribution in [3.63, 3.8) is 0 Å². The first-order chi connectivity index (χ1) is 6.22. The van der Waals surface area contributed by atoms with E-state index >= 15 is 0 Å². The van der Waals surface area contributed by atoms with Crippen molar-refractivity contribution >= 4 is 5.78 Å². The van der Waals surface area contributed by atoms with Gasteiger partial charge in [0.2, 0.25) is 5.92 Å². The lowest BCUT2D eigenvalue weighted by Gasteiger charge is -2.15. The molecule has 0 aromatic rings.